The first-order chi connectivity index (χ1) is 8.22. The molecular formula is C14H14N2O. The number of amides is 1. The highest BCUT2D eigenvalue weighted by Crippen LogP contribution is 2.21. The smallest absolute Gasteiger partial charge is 0.251 e. The number of carbonyl (C=O) groups is 1. The van der Waals surface area contributed by atoms with Crippen molar-refractivity contribution in [2.75, 3.05) is 7.05 Å². The van der Waals surface area contributed by atoms with Gasteiger partial charge in [0.15, 0.2) is 0 Å². The summed E-state index contributed by atoms with van der Waals surface area (Å²) < 4.78 is 0. The average Bonchev–Trinajstić information content (AvgIpc) is 2.39. The van der Waals surface area contributed by atoms with Crippen LogP contribution < -0.4 is 5.32 Å². The molecule has 0 saturated carbocycles. The van der Waals surface area contributed by atoms with Gasteiger partial charge in [0.1, 0.15) is 0 Å². The largest absolute Gasteiger partial charge is 0.355 e. The van der Waals surface area contributed by atoms with Crippen molar-refractivity contribution in [2.24, 2.45) is 0 Å². The number of carbonyl (C=O) groups excluding carboxylic acids is 1. The third kappa shape index (κ3) is 2.33. The maximum absolute atomic E-state index is 11.4. The molecule has 2 rings (SSSR count). The fraction of sp³-hybridized carbons (Fsp3) is 0.143. The van der Waals surface area contributed by atoms with Crippen LogP contribution in [0, 0.1) is 6.92 Å². The lowest BCUT2D eigenvalue weighted by molar-refractivity contribution is 0.0963. The van der Waals surface area contributed by atoms with Crippen LogP contribution in [0.2, 0.25) is 0 Å². The summed E-state index contributed by atoms with van der Waals surface area (Å²) in [7, 11) is 1.63. The van der Waals surface area contributed by atoms with Gasteiger partial charge in [-0.05, 0) is 30.7 Å². The maximum atomic E-state index is 11.4. The van der Waals surface area contributed by atoms with Gasteiger partial charge in [-0.2, -0.15) is 0 Å². The van der Waals surface area contributed by atoms with Crippen LogP contribution in [0.1, 0.15) is 16.1 Å². The van der Waals surface area contributed by atoms with Gasteiger partial charge in [-0.3, -0.25) is 9.78 Å². The number of nitrogens with one attached hydrogen (secondary N) is 1. The normalized spacial score (nSPS) is 10.0. The number of aromatic nitrogens is 1. The lowest BCUT2D eigenvalue weighted by atomic mass is 10.0. The Morgan fingerprint density at radius 2 is 1.88 bits per heavy atom. The predicted octanol–water partition coefficient (Wildman–Crippen LogP) is 2.42. The zero-order valence-corrected chi connectivity index (χ0v) is 9.90. The lowest BCUT2D eigenvalue weighted by Gasteiger charge is -2.05. The third-order valence-electron chi connectivity index (χ3n) is 2.69. The van der Waals surface area contributed by atoms with Crippen LogP contribution in [0.25, 0.3) is 11.1 Å². The summed E-state index contributed by atoms with van der Waals surface area (Å²) in [6, 6.07) is 11.5. The number of rotatable bonds is 2. The molecule has 1 aromatic heterocycles. The topological polar surface area (TPSA) is 42.0 Å². The van der Waals surface area contributed by atoms with E-state index < -0.39 is 0 Å². The molecule has 0 saturated heterocycles. The van der Waals surface area contributed by atoms with Crippen molar-refractivity contribution in [1.29, 1.82) is 0 Å². The highest BCUT2D eigenvalue weighted by Gasteiger charge is 2.05. The SMILES string of the molecule is CNC(=O)c1ccc(-c2cccnc2C)cc1. The second-order valence-electron chi connectivity index (χ2n) is 3.79. The Balaban J connectivity index is 2.36. The van der Waals surface area contributed by atoms with Crippen LogP contribution in [-0.2, 0) is 0 Å². The fourth-order valence-electron chi connectivity index (χ4n) is 1.73. The zero-order chi connectivity index (χ0) is 12.3. The molecule has 0 fully saturated rings. The Hall–Kier alpha value is -2.16. The van der Waals surface area contributed by atoms with Crippen molar-refractivity contribution in [3.63, 3.8) is 0 Å². The lowest BCUT2D eigenvalue weighted by Crippen LogP contribution is -2.17. The van der Waals surface area contributed by atoms with E-state index in [-0.39, 0.29) is 5.91 Å². The van der Waals surface area contributed by atoms with E-state index >= 15 is 0 Å². The van der Waals surface area contributed by atoms with Crippen LogP contribution >= 0.6 is 0 Å². The van der Waals surface area contributed by atoms with E-state index in [1.807, 2.05) is 43.3 Å². The Bertz CT molecular complexity index is 532. The molecule has 86 valence electrons. The third-order valence-corrected chi connectivity index (χ3v) is 2.69. The van der Waals surface area contributed by atoms with Gasteiger partial charge < -0.3 is 5.32 Å². The number of aryl methyl sites for hydroxylation is 1. The van der Waals surface area contributed by atoms with Crippen LogP contribution in [0.4, 0.5) is 0 Å². The first kappa shape index (κ1) is 11.3. The Morgan fingerprint density at radius 1 is 1.18 bits per heavy atom. The van der Waals surface area contributed by atoms with Crippen LogP contribution in [0.5, 0.6) is 0 Å². The molecule has 0 atom stereocenters. The van der Waals surface area contributed by atoms with Gasteiger partial charge >= 0.3 is 0 Å². The molecule has 1 aromatic carbocycles. The molecule has 1 amide bonds. The molecule has 0 bridgehead atoms. The summed E-state index contributed by atoms with van der Waals surface area (Å²) in [5.41, 5.74) is 3.82. The minimum atomic E-state index is -0.0699. The van der Waals surface area contributed by atoms with Gasteiger partial charge in [-0.1, -0.05) is 18.2 Å². The predicted molar refractivity (Wildman–Crippen MR) is 67.8 cm³/mol. The Morgan fingerprint density at radius 3 is 2.47 bits per heavy atom. The van der Waals surface area contributed by atoms with Gasteiger partial charge in [-0.25, -0.2) is 0 Å². The van der Waals surface area contributed by atoms with Gasteiger partial charge in [0, 0.05) is 30.1 Å². The van der Waals surface area contributed by atoms with E-state index in [4.69, 9.17) is 0 Å². The summed E-state index contributed by atoms with van der Waals surface area (Å²) >= 11 is 0. The van der Waals surface area contributed by atoms with Crippen LogP contribution in [0.3, 0.4) is 0 Å². The van der Waals surface area contributed by atoms with E-state index in [9.17, 15) is 4.79 Å². The summed E-state index contributed by atoms with van der Waals surface area (Å²) in [6.07, 6.45) is 1.78. The number of pyridine rings is 1. The van der Waals surface area contributed by atoms with Gasteiger partial charge in [-0.15, -0.1) is 0 Å². The minimum Gasteiger partial charge on any atom is -0.355 e. The van der Waals surface area contributed by atoms with Crippen molar-refractivity contribution >= 4 is 5.91 Å². The van der Waals surface area contributed by atoms with Gasteiger partial charge in [0.25, 0.3) is 5.91 Å². The summed E-state index contributed by atoms with van der Waals surface area (Å²) in [6.45, 7) is 1.97. The molecule has 0 aliphatic rings. The van der Waals surface area contributed by atoms with Crippen molar-refractivity contribution in [3.8, 4) is 11.1 Å². The molecule has 3 nitrogen and oxygen atoms in total. The molecule has 1 heterocycles. The molecule has 2 aromatic rings. The maximum Gasteiger partial charge on any atom is 0.251 e. The minimum absolute atomic E-state index is 0.0699. The molecule has 0 spiro atoms. The molecular weight excluding hydrogens is 212 g/mol. The molecule has 0 aliphatic heterocycles. The Kier molecular flexibility index (Phi) is 3.19. The highest BCUT2D eigenvalue weighted by atomic mass is 16.1. The van der Waals surface area contributed by atoms with Crippen molar-refractivity contribution in [2.45, 2.75) is 6.92 Å². The van der Waals surface area contributed by atoms with E-state index in [0.717, 1.165) is 16.8 Å². The molecule has 0 radical (unpaired) electrons. The standard InChI is InChI=1S/C14H14N2O/c1-10-13(4-3-9-16-10)11-5-7-12(8-6-11)14(17)15-2/h3-9H,1-2H3,(H,15,17). The molecule has 0 aliphatic carbocycles. The van der Waals surface area contributed by atoms with E-state index in [2.05, 4.69) is 10.3 Å². The van der Waals surface area contributed by atoms with Crippen molar-refractivity contribution in [1.82, 2.24) is 10.3 Å². The molecule has 0 unspecified atom stereocenters. The molecule has 17 heavy (non-hydrogen) atoms. The Labute approximate surface area is 101 Å². The summed E-state index contributed by atoms with van der Waals surface area (Å²) in [5.74, 6) is -0.0699. The number of hydrogen-bond acceptors (Lipinski definition) is 2. The van der Waals surface area contributed by atoms with Crippen molar-refractivity contribution < 1.29 is 4.79 Å². The monoisotopic (exact) mass is 226 g/mol. The second kappa shape index (κ2) is 4.78. The summed E-state index contributed by atoms with van der Waals surface area (Å²) in [5, 5.41) is 2.60. The quantitative estimate of drug-likeness (QED) is 0.854. The molecule has 3 heteroatoms. The van der Waals surface area contributed by atoms with Crippen molar-refractivity contribution in [3.05, 3.63) is 53.9 Å². The average molecular weight is 226 g/mol. The number of hydrogen-bond donors (Lipinski definition) is 1. The van der Waals surface area contributed by atoms with Crippen LogP contribution in [0.15, 0.2) is 42.6 Å². The second-order valence-corrected chi connectivity index (χ2v) is 3.79. The summed E-state index contributed by atoms with van der Waals surface area (Å²) in [4.78, 5) is 15.7. The first-order valence-electron chi connectivity index (χ1n) is 5.46. The van der Waals surface area contributed by atoms with Gasteiger partial charge in [0.05, 0.1) is 0 Å². The first-order valence-corrected chi connectivity index (χ1v) is 5.46. The fourth-order valence-corrected chi connectivity index (χ4v) is 1.73. The zero-order valence-electron chi connectivity index (χ0n) is 9.90. The van der Waals surface area contributed by atoms with E-state index in [1.165, 1.54) is 0 Å². The van der Waals surface area contributed by atoms with E-state index in [1.54, 1.807) is 13.2 Å². The van der Waals surface area contributed by atoms with Gasteiger partial charge in [0.2, 0.25) is 0 Å². The molecule has 1 N–H and O–H groups in total. The number of benzene rings is 1. The highest BCUT2D eigenvalue weighted by molar-refractivity contribution is 5.94. The van der Waals surface area contributed by atoms with Crippen LogP contribution in [-0.4, -0.2) is 17.9 Å². The van der Waals surface area contributed by atoms with E-state index in [0.29, 0.717) is 5.56 Å². The number of nitrogens with zero attached hydrogens (tertiary/aromatic N) is 1.